The highest BCUT2D eigenvalue weighted by Gasteiger charge is 2.18. The number of benzene rings is 1. The van der Waals surface area contributed by atoms with Crippen LogP contribution in [-0.4, -0.2) is 29.1 Å². The Morgan fingerprint density at radius 3 is 2.79 bits per heavy atom. The lowest BCUT2D eigenvalue weighted by Gasteiger charge is -2.13. The SMILES string of the molecule is COc1c(/C(C)=C/C(=O)NCCCn2ccnc2)cc2c(C)c(C)oc2c1C. The number of amides is 1. The number of carbonyl (C=O) groups excluding carboxylic acids is 1. The summed E-state index contributed by atoms with van der Waals surface area (Å²) in [7, 11) is 1.64. The Bertz CT molecular complexity index is 1010. The van der Waals surface area contributed by atoms with Crippen LogP contribution in [-0.2, 0) is 11.3 Å². The van der Waals surface area contributed by atoms with Crippen LogP contribution in [0.3, 0.4) is 0 Å². The quantitative estimate of drug-likeness (QED) is 0.492. The molecule has 0 aliphatic heterocycles. The van der Waals surface area contributed by atoms with E-state index in [2.05, 4.69) is 10.3 Å². The van der Waals surface area contributed by atoms with Crippen LogP contribution >= 0.6 is 0 Å². The van der Waals surface area contributed by atoms with E-state index in [9.17, 15) is 4.79 Å². The maximum atomic E-state index is 12.3. The molecule has 3 aromatic rings. The minimum absolute atomic E-state index is 0.108. The van der Waals surface area contributed by atoms with Gasteiger partial charge in [-0.15, -0.1) is 0 Å². The van der Waals surface area contributed by atoms with Gasteiger partial charge in [0.25, 0.3) is 0 Å². The van der Waals surface area contributed by atoms with Crippen molar-refractivity contribution >= 4 is 22.4 Å². The van der Waals surface area contributed by atoms with Crippen molar-refractivity contribution in [1.29, 1.82) is 0 Å². The minimum Gasteiger partial charge on any atom is -0.496 e. The Morgan fingerprint density at radius 2 is 2.11 bits per heavy atom. The van der Waals surface area contributed by atoms with Gasteiger partial charge >= 0.3 is 0 Å². The standard InChI is InChI=1S/C22H27N3O3/c1-14(11-20(26)24-7-6-9-25-10-8-23-13-25)18-12-19-15(2)17(4)28-22(19)16(3)21(18)27-5/h8,10-13H,6-7,9H2,1-5H3,(H,24,26)/b14-11+. The van der Waals surface area contributed by atoms with Crippen LogP contribution in [0, 0.1) is 20.8 Å². The van der Waals surface area contributed by atoms with Crippen LogP contribution in [0.15, 0.2) is 35.3 Å². The van der Waals surface area contributed by atoms with Crippen LogP contribution in [0.4, 0.5) is 0 Å². The molecule has 28 heavy (non-hydrogen) atoms. The smallest absolute Gasteiger partial charge is 0.244 e. The molecule has 1 amide bonds. The van der Waals surface area contributed by atoms with E-state index in [4.69, 9.17) is 9.15 Å². The van der Waals surface area contributed by atoms with Crippen molar-refractivity contribution in [3.8, 4) is 5.75 Å². The summed E-state index contributed by atoms with van der Waals surface area (Å²) in [5.74, 6) is 1.53. The monoisotopic (exact) mass is 381 g/mol. The molecule has 6 nitrogen and oxygen atoms in total. The third-order valence-corrected chi connectivity index (χ3v) is 5.07. The second kappa shape index (κ2) is 8.33. The van der Waals surface area contributed by atoms with E-state index in [-0.39, 0.29) is 5.91 Å². The van der Waals surface area contributed by atoms with Crippen LogP contribution in [0.1, 0.15) is 35.8 Å². The number of imidazole rings is 1. The maximum absolute atomic E-state index is 12.3. The lowest BCUT2D eigenvalue weighted by Crippen LogP contribution is -2.23. The number of methoxy groups -OCH3 is 1. The van der Waals surface area contributed by atoms with E-state index in [0.717, 1.165) is 57.7 Å². The van der Waals surface area contributed by atoms with Crippen molar-refractivity contribution in [3.05, 3.63) is 53.3 Å². The van der Waals surface area contributed by atoms with Crippen molar-refractivity contribution in [2.75, 3.05) is 13.7 Å². The number of aryl methyl sites for hydroxylation is 4. The summed E-state index contributed by atoms with van der Waals surface area (Å²) in [6.07, 6.45) is 7.91. The first-order valence-electron chi connectivity index (χ1n) is 9.42. The molecule has 0 aliphatic rings. The highest BCUT2D eigenvalue weighted by molar-refractivity contribution is 5.98. The van der Waals surface area contributed by atoms with Crippen LogP contribution in [0.5, 0.6) is 5.75 Å². The number of allylic oxidation sites excluding steroid dienone is 1. The van der Waals surface area contributed by atoms with Gasteiger partial charge in [-0.2, -0.15) is 0 Å². The number of rotatable bonds is 7. The molecule has 0 spiro atoms. The number of ether oxygens (including phenoxy) is 1. The number of furan rings is 1. The van der Waals surface area contributed by atoms with Gasteiger partial charge in [-0.05, 0) is 51.3 Å². The Hall–Kier alpha value is -3.02. The van der Waals surface area contributed by atoms with Crippen molar-refractivity contribution in [2.45, 2.75) is 40.7 Å². The van der Waals surface area contributed by atoms with Gasteiger partial charge in [-0.25, -0.2) is 4.98 Å². The van der Waals surface area contributed by atoms with Crippen molar-refractivity contribution < 1.29 is 13.9 Å². The van der Waals surface area contributed by atoms with Crippen molar-refractivity contribution in [2.24, 2.45) is 0 Å². The highest BCUT2D eigenvalue weighted by atomic mass is 16.5. The normalized spacial score (nSPS) is 11.8. The number of aromatic nitrogens is 2. The molecule has 0 bridgehead atoms. The molecule has 148 valence electrons. The molecule has 6 heteroatoms. The summed E-state index contributed by atoms with van der Waals surface area (Å²) in [5.41, 5.74) is 4.66. The largest absolute Gasteiger partial charge is 0.496 e. The summed E-state index contributed by atoms with van der Waals surface area (Å²) >= 11 is 0. The van der Waals surface area contributed by atoms with Gasteiger partial charge in [0.2, 0.25) is 5.91 Å². The molecule has 0 saturated carbocycles. The molecule has 2 heterocycles. The van der Waals surface area contributed by atoms with E-state index >= 15 is 0 Å². The Balaban J connectivity index is 1.76. The molecule has 1 aromatic carbocycles. The second-order valence-electron chi connectivity index (χ2n) is 7.01. The van der Waals surface area contributed by atoms with Gasteiger partial charge in [-0.1, -0.05) is 0 Å². The number of fused-ring (bicyclic) bond motifs is 1. The fraction of sp³-hybridized carbons (Fsp3) is 0.364. The fourth-order valence-corrected chi connectivity index (χ4v) is 3.39. The Kier molecular flexibility index (Phi) is 5.87. The maximum Gasteiger partial charge on any atom is 0.244 e. The summed E-state index contributed by atoms with van der Waals surface area (Å²) in [6.45, 7) is 9.35. The first kappa shape index (κ1) is 19.7. The molecule has 0 unspecified atom stereocenters. The number of hydrogen-bond acceptors (Lipinski definition) is 4. The zero-order valence-corrected chi connectivity index (χ0v) is 17.1. The first-order chi connectivity index (χ1) is 13.4. The number of nitrogens with one attached hydrogen (secondary N) is 1. The van der Waals surface area contributed by atoms with Gasteiger partial charge in [0, 0.05) is 48.1 Å². The Morgan fingerprint density at radius 1 is 1.32 bits per heavy atom. The van der Waals surface area contributed by atoms with Gasteiger partial charge in [0.05, 0.1) is 13.4 Å². The molecular weight excluding hydrogens is 354 g/mol. The van der Waals surface area contributed by atoms with Crippen molar-refractivity contribution in [3.63, 3.8) is 0 Å². The minimum atomic E-state index is -0.108. The molecule has 0 radical (unpaired) electrons. The topological polar surface area (TPSA) is 69.3 Å². The van der Waals surface area contributed by atoms with Gasteiger partial charge in [0.1, 0.15) is 17.1 Å². The van der Waals surface area contributed by atoms with Crippen LogP contribution in [0.25, 0.3) is 16.5 Å². The third kappa shape index (κ3) is 3.96. The molecule has 0 fully saturated rings. The van der Waals surface area contributed by atoms with E-state index < -0.39 is 0 Å². The van der Waals surface area contributed by atoms with E-state index in [0.29, 0.717) is 6.54 Å². The summed E-state index contributed by atoms with van der Waals surface area (Å²) < 4.78 is 13.5. The molecule has 2 aromatic heterocycles. The predicted octanol–water partition coefficient (Wildman–Crippen LogP) is 4.17. The highest BCUT2D eigenvalue weighted by Crippen LogP contribution is 2.38. The van der Waals surface area contributed by atoms with Crippen LogP contribution < -0.4 is 10.1 Å². The fourth-order valence-electron chi connectivity index (χ4n) is 3.39. The van der Waals surface area contributed by atoms with E-state index in [1.807, 2.05) is 44.5 Å². The van der Waals surface area contributed by atoms with Gasteiger partial charge < -0.3 is 19.0 Å². The van der Waals surface area contributed by atoms with Gasteiger partial charge in [0.15, 0.2) is 0 Å². The lowest BCUT2D eigenvalue weighted by atomic mass is 9.98. The summed E-state index contributed by atoms with van der Waals surface area (Å²) in [4.78, 5) is 16.4. The molecular formula is C22H27N3O3. The molecule has 1 N–H and O–H groups in total. The molecule has 0 atom stereocenters. The second-order valence-corrected chi connectivity index (χ2v) is 7.01. The number of hydrogen-bond donors (Lipinski definition) is 1. The average molecular weight is 381 g/mol. The lowest BCUT2D eigenvalue weighted by molar-refractivity contribution is -0.116. The first-order valence-corrected chi connectivity index (χ1v) is 9.42. The zero-order valence-electron chi connectivity index (χ0n) is 17.1. The molecule has 0 aliphatic carbocycles. The summed E-state index contributed by atoms with van der Waals surface area (Å²) in [6, 6.07) is 2.05. The van der Waals surface area contributed by atoms with Crippen molar-refractivity contribution in [1.82, 2.24) is 14.9 Å². The number of carbonyl (C=O) groups is 1. The predicted molar refractivity (Wildman–Crippen MR) is 110 cm³/mol. The van der Waals surface area contributed by atoms with Gasteiger partial charge in [-0.3, -0.25) is 4.79 Å². The average Bonchev–Trinajstić information content (AvgIpc) is 3.28. The van der Waals surface area contributed by atoms with Crippen LogP contribution in [0.2, 0.25) is 0 Å². The van der Waals surface area contributed by atoms with E-state index in [1.54, 1.807) is 25.7 Å². The molecule has 0 saturated heterocycles. The Labute approximate surface area is 165 Å². The van der Waals surface area contributed by atoms with E-state index in [1.165, 1.54) is 0 Å². The summed E-state index contributed by atoms with van der Waals surface area (Å²) in [5, 5.41) is 4.00. The zero-order chi connectivity index (χ0) is 20.3. The third-order valence-electron chi connectivity index (χ3n) is 5.07. The molecule has 3 rings (SSSR count). The number of nitrogens with zero attached hydrogens (tertiary/aromatic N) is 2.